The van der Waals surface area contributed by atoms with Crippen molar-refractivity contribution in [2.24, 2.45) is 0 Å². The number of carbonyl (C=O) groups is 2. The lowest BCUT2D eigenvalue weighted by Crippen LogP contribution is -2.21. The Morgan fingerprint density at radius 3 is 2.39 bits per heavy atom. The monoisotopic (exact) mass is 418 g/mol. The van der Waals surface area contributed by atoms with Crippen LogP contribution in [0.15, 0.2) is 78.9 Å². The summed E-state index contributed by atoms with van der Waals surface area (Å²) in [5.41, 5.74) is 3.14. The summed E-state index contributed by atoms with van der Waals surface area (Å²) >= 11 is 0. The van der Waals surface area contributed by atoms with Gasteiger partial charge in [0.05, 0.1) is 25.8 Å². The van der Waals surface area contributed by atoms with Gasteiger partial charge in [0.2, 0.25) is 5.91 Å². The topological polar surface area (TPSA) is 76.7 Å². The number of hydrogen-bond donors (Lipinski definition) is 2. The predicted octanol–water partition coefficient (Wildman–Crippen LogP) is 4.54. The van der Waals surface area contributed by atoms with Crippen molar-refractivity contribution in [2.75, 3.05) is 30.9 Å². The highest BCUT2D eigenvalue weighted by Gasteiger charge is 2.07. The van der Waals surface area contributed by atoms with E-state index in [1.54, 1.807) is 24.3 Å². The van der Waals surface area contributed by atoms with Crippen molar-refractivity contribution in [3.8, 4) is 5.75 Å². The van der Waals surface area contributed by atoms with Gasteiger partial charge in [-0.15, -0.1) is 0 Å². The highest BCUT2D eigenvalue weighted by Crippen LogP contribution is 2.18. The quantitative estimate of drug-likeness (QED) is 0.374. The number of aryl methyl sites for hydroxylation is 1. The molecule has 0 bridgehead atoms. The second-order valence-electron chi connectivity index (χ2n) is 6.94. The van der Waals surface area contributed by atoms with Gasteiger partial charge in [-0.2, -0.15) is 0 Å². The largest absolute Gasteiger partial charge is 0.494 e. The van der Waals surface area contributed by atoms with E-state index in [1.807, 2.05) is 42.5 Å². The lowest BCUT2D eigenvalue weighted by atomic mass is 10.1. The summed E-state index contributed by atoms with van der Waals surface area (Å²) in [6, 6.07) is 24.4. The first-order valence-electron chi connectivity index (χ1n) is 10.1. The molecule has 1 amide bonds. The SMILES string of the molecule is COC(=O)c1ccc(NC(=O)CNc2cccc(OCCCc3ccccc3)c2)cc1. The van der Waals surface area contributed by atoms with Crippen LogP contribution in [0, 0.1) is 0 Å². The normalized spacial score (nSPS) is 10.2. The van der Waals surface area contributed by atoms with E-state index in [2.05, 4.69) is 27.5 Å². The Hall–Kier alpha value is -3.80. The van der Waals surface area contributed by atoms with Gasteiger partial charge >= 0.3 is 5.97 Å². The average Bonchev–Trinajstić information content (AvgIpc) is 2.81. The Morgan fingerprint density at radius 1 is 0.871 bits per heavy atom. The number of benzene rings is 3. The van der Waals surface area contributed by atoms with Crippen LogP contribution in [0.1, 0.15) is 22.3 Å². The minimum atomic E-state index is -0.415. The van der Waals surface area contributed by atoms with Gasteiger partial charge in [-0.25, -0.2) is 4.79 Å². The fraction of sp³-hybridized carbons (Fsp3) is 0.200. The van der Waals surface area contributed by atoms with Crippen LogP contribution >= 0.6 is 0 Å². The Bertz CT molecular complexity index is 988. The van der Waals surface area contributed by atoms with Crippen molar-refractivity contribution in [3.63, 3.8) is 0 Å². The third kappa shape index (κ3) is 7.19. The molecule has 31 heavy (non-hydrogen) atoms. The van der Waals surface area contributed by atoms with Crippen LogP contribution < -0.4 is 15.4 Å². The second kappa shape index (κ2) is 11.4. The molecule has 6 nitrogen and oxygen atoms in total. The number of rotatable bonds is 10. The molecule has 0 spiro atoms. The summed E-state index contributed by atoms with van der Waals surface area (Å²) in [7, 11) is 1.33. The van der Waals surface area contributed by atoms with Gasteiger partial charge in [-0.05, 0) is 54.8 Å². The van der Waals surface area contributed by atoms with Gasteiger partial charge in [-0.1, -0.05) is 36.4 Å². The Balaban J connectivity index is 1.41. The minimum Gasteiger partial charge on any atom is -0.494 e. The number of esters is 1. The molecule has 3 rings (SSSR count). The standard InChI is InChI=1S/C25H26N2O4/c1-30-25(29)20-12-14-21(15-13-20)27-24(28)18-26-22-10-5-11-23(17-22)31-16-6-9-19-7-3-2-4-8-19/h2-5,7-8,10-15,17,26H,6,9,16,18H2,1H3,(H,27,28). The van der Waals surface area contributed by atoms with Gasteiger partial charge in [-0.3, -0.25) is 4.79 Å². The third-order valence-electron chi connectivity index (χ3n) is 4.60. The molecular weight excluding hydrogens is 392 g/mol. The first kappa shape index (κ1) is 21.9. The zero-order chi connectivity index (χ0) is 21.9. The maximum absolute atomic E-state index is 12.2. The van der Waals surface area contributed by atoms with Gasteiger partial charge < -0.3 is 20.1 Å². The Labute approximate surface area is 182 Å². The molecule has 160 valence electrons. The van der Waals surface area contributed by atoms with E-state index < -0.39 is 5.97 Å². The van der Waals surface area contributed by atoms with Gasteiger partial charge in [0.15, 0.2) is 0 Å². The smallest absolute Gasteiger partial charge is 0.337 e. The highest BCUT2D eigenvalue weighted by molar-refractivity contribution is 5.95. The van der Waals surface area contributed by atoms with Crippen molar-refractivity contribution in [1.82, 2.24) is 0 Å². The molecule has 0 saturated heterocycles. The maximum Gasteiger partial charge on any atom is 0.337 e. The number of amides is 1. The van der Waals surface area contributed by atoms with Crippen LogP contribution in [0.25, 0.3) is 0 Å². The molecule has 0 fully saturated rings. The summed E-state index contributed by atoms with van der Waals surface area (Å²) in [4.78, 5) is 23.6. The van der Waals surface area contributed by atoms with Gasteiger partial charge in [0.25, 0.3) is 0 Å². The van der Waals surface area contributed by atoms with Crippen LogP contribution in [0.3, 0.4) is 0 Å². The van der Waals surface area contributed by atoms with E-state index in [-0.39, 0.29) is 12.5 Å². The summed E-state index contributed by atoms with van der Waals surface area (Å²) in [5.74, 6) is 0.151. The molecule has 0 aliphatic heterocycles. The van der Waals surface area contributed by atoms with Crippen molar-refractivity contribution in [2.45, 2.75) is 12.8 Å². The van der Waals surface area contributed by atoms with E-state index >= 15 is 0 Å². The average molecular weight is 418 g/mol. The van der Waals surface area contributed by atoms with Crippen molar-refractivity contribution < 1.29 is 19.1 Å². The first-order chi connectivity index (χ1) is 15.1. The van der Waals surface area contributed by atoms with Crippen LogP contribution in [0.5, 0.6) is 5.75 Å². The fourth-order valence-electron chi connectivity index (χ4n) is 3.00. The summed E-state index contributed by atoms with van der Waals surface area (Å²) in [5, 5.41) is 5.88. The van der Waals surface area contributed by atoms with Crippen LogP contribution in [-0.4, -0.2) is 32.1 Å². The zero-order valence-corrected chi connectivity index (χ0v) is 17.5. The number of nitrogens with one attached hydrogen (secondary N) is 2. The number of hydrogen-bond acceptors (Lipinski definition) is 5. The highest BCUT2D eigenvalue weighted by atomic mass is 16.5. The Morgan fingerprint density at radius 2 is 1.65 bits per heavy atom. The van der Waals surface area contributed by atoms with Crippen molar-refractivity contribution in [1.29, 1.82) is 0 Å². The molecule has 0 unspecified atom stereocenters. The maximum atomic E-state index is 12.2. The van der Waals surface area contributed by atoms with Crippen LogP contribution in [0.4, 0.5) is 11.4 Å². The molecule has 0 aromatic heterocycles. The molecule has 0 radical (unpaired) electrons. The molecule has 3 aromatic rings. The summed E-state index contributed by atoms with van der Waals surface area (Å²) in [6.07, 6.45) is 1.90. The lowest BCUT2D eigenvalue weighted by molar-refractivity contribution is -0.114. The molecule has 0 saturated carbocycles. The van der Waals surface area contributed by atoms with Gasteiger partial charge in [0.1, 0.15) is 5.75 Å². The number of carbonyl (C=O) groups excluding carboxylic acids is 2. The Kier molecular flexibility index (Phi) is 8.05. The number of anilines is 2. The zero-order valence-electron chi connectivity index (χ0n) is 17.5. The number of methoxy groups -OCH3 is 1. The van der Waals surface area contributed by atoms with Crippen LogP contribution in [-0.2, 0) is 16.0 Å². The van der Waals surface area contributed by atoms with E-state index in [0.717, 1.165) is 24.3 Å². The van der Waals surface area contributed by atoms with E-state index in [1.165, 1.54) is 12.7 Å². The third-order valence-corrected chi connectivity index (χ3v) is 4.60. The molecule has 3 aromatic carbocycles. The summed E-state index contributed by atoms with van der Waals surface area (Å²) in [6.45, 7) is 0.733. The second-order valence-corrected chi connectivity index (χ2v) is 6.94. The molecule has 0 atom stereocenters. The van der Waals surface area contributed by atoms with E-state index in [0.29, 0.717) is 17.9 Å². The van der Waals surface area contributed by atoms with Gasteiger partial charge in [0, 0.05) is 17.4 Å². The predicted molar refractivity (Wildman–Crippen MR) is 122 cm³/mol. The molecule has 2 N–H and O–H groups in total. The molecule has 6 heteroatoms. The minimum absolute atomic E-state index is 0.107. The molecular formula is C25H26N2O4. The van der Waals surface area contributed by atoms with Crippen molar-refractivity contribution in [3.05, 3.63) is 90.0 Å². The molecule has 0 aliphatic rings. The van der Waals surface area contributed by atoms with Crippen LogP contribution in [0.2, 0.25) is 0 Å². The van der Waals surface area contributed by atoms with E-state index in [4.69, 9.17) is 4.74 Å². The fourth-order valence-corrected chi connectivity index (χ4v) is 3.00. The number of ether oxygens (including phenoxy) is 2. The molecule has 0 heterocycles. The summed E-state index contributed by atoms with van der Waals surface area (Å²) < 4.78 is 10.5. The first-order valence-corrected chi connectivity index (χ1v) is 10.1. The lowest BCUT2D eigenvalue weighted by Gasteiger charge is -2.11. The van der Waals surface area contributed by atoms with Crippen molar-refractivity contribution >= 4 is 23.3 Å². The van der Waals surface area contributed by atoms with E-state index in [9.17, 15) is 9.59 Å². The molecule has 0 aliphatic carbocycles.